The lowest BCUT2D eigenvalue weighted by Crippen LogP contribution is -2.46. The van der Waals surface area contributed by atoms with Crippen molar-refractivity contribution in [3.8, 4) is 0 Å². The van der Waals surface area contributed by atoms with E-state index in [0.717, 1.165) is 12.8 Å². The highest BCUT2D eigenvalue weighted by atomic mass is 32.2. The van der Waals surface area contributed by atoms with Crippen LogP contribution in [0.15, 0.2) is 0 Å². The second-order valence-electron chi connectivity index (χ2n) is 6.02. The summed E-state index contributed by atoms with van der Waals surface area (Å²) in [7, 11) is -3.33. The van der Waals surface area contributed by atoms with Crippen LogP contribution >= 0.6 is 0 Å². The van der Waals surface area contributed by atoms with E-state index in [4.69, 9.17) is 11.1 Å². The summed E-state index contributed by atoms with van der Waals surface area (Å²) in [6, 6.07) is -0.500. The predicted molar refractivity (Wildman–Crippen MR) is 69.4 cm³/mol. The summed E-state index contributed by atoms with van der Waals surface area (Å²) < 4.78 is 26.3. The van der Waals surface area contributed by atoms with Crippen LogP contribution in [0.5, 0.6) is 0 Å². The molecule has 0 amide bonds. The van der Waals surface area contributed by atoms with Crippen molar-refractivity contribution >= 4 is 15.9 Å². The molecule has 0 aliphatic heterocycles. The molecule has 0 saturated heterocycles. The number of nitrogens with two attached hydrogens (primary N) is 1. The normalized spacial score (nSPS) is 19.0. The van der Waals surface area contributed by atoms with E-state index in [-0.39, 0.29) is 22.9 Å². The summed E-state index contributed by atoms with van der Waals surface area (Å²) >= 11 is 0. The lowest BCUT2D eigenvalue weighted by Gasteiger charge is -2.20. The molecule has 1 aliphatic rings. The highest BCUT2D eigenvalue weighted by Gasteiger charge is 2.36. The maximum atomic E-state index is 11.9. The molecule has 17 heavy (non-hydrogen) atoms. The summed E-state index contributed by atoms with van der Waals surface area (Å²) in [5, 5.41) is 7.41. The highest BCUT2D eigenvalue weighted by molar-refractivity contribution is 7.89. The van der Waals surface area contributed by atoms with Gasteiger partial charge in [0.2, 0.25) is 10.0 Å². The molecule has 0 radical (unpaired) electrons. The minimum atomic E-state index is -3.33. The molecular formula is C11H23N3O2S. The van der Waals surface area contributed by atoms with Crippen LogP contribution in [0, 0.1) is 16.7 Å². The molecule has 0 heterocycles. The molecule has 6 heteroatoms. The number of hydrogen-bond acceptors (Lipinski definition) is 3. The Kier molecular flexibility index (Phi) is 4.19. The van der Waals surface area contributed by atoms with Crippen LogP contribution in [0.3, 0.4) is 0 Å². The minimum absolute atomic E-state index is 0.0138. The van der Waals surface area contributed by atoms with E-state index in [0.29, 0.717) is 6.42 Å². The Balaban J connectivity index is 2.55. The van der Waals surface area contributed by atoms with Crippen molar-refractivity contribution in [2.24, 2.45) is 17.1 Å². The number of rotatable bonds is 6. The van der Waals surface area contributed by atoms with Gasteiger partial charge in [0.25, 0.3) is 0 Å². The van der Waals surface area contributed by atoms with Crippen molar-refractivity contribution in [3.05, 3.63) is 0 Å². The van der Waals surface area contributed by atoms with Gasteiger partial charge >= 0.3 is 0 Å². The molecule has 1 aliphatic carbocycles. The maximum absolute atomic E-state index is 11.9. The Bertz CT molecular complexity index is 380. The fourth-order valence-electron chi connectivity index (χ4n) is 1.54. The Morgan fingerprint density at radius 2 is 2.00 bits per heavy atom. The Hall–Kier alpha value is -0.620. The molecule has 5 nitrogen and oxygen atoms in total. The first-order valence-corrected chi connectivity index (χ1v) is 7.60. The van der Waals surface area contributed by atoms with Gasteiger partial charge in [-0.15, -0.1) is 0 Å². The Morgan fingerprint density at radius 3 is 2.35 bits per heavy atom. The van der Waals surface area contributed by atoms with Gasteiger partial charge in [-0.25, -0.2) is 13.1 Å². The summed E-state index contributed by atoms with van der Waals surface area (Å²) in [6.07, 6.45) is 2.50. The molecular weight excluding hydrogens is 238 g/mol. The fraction of sp³-hybridized carbons (Fsp3) is 0.909. The maximum Gasteiger partial charge on any atom is 0.212 e. The van der Waals surface area contributed by atoms with Crippen LogP contribution in [0.2, 0.25) is 0 Å². The molecule has 0 aromatic carbocycles. The van der Waals surface area contributed by atoms with Crippen molar-refractivity contribution in [2.75, 3.05) is 5.75 Å². The second kappa shape index (κ2) is 4.94. The smallest absolute Gasteiger partial charge is 0.212 e. The van der Waals surface area contributed by atoms with Crippen molar-refractivity contribution in [2.45, 2.75) is 46.1 Å². The van der Waals surface area contributed by atoms with Gasteiger partial charge in [0.05, 0.1) is 11.8 Å². The lowest BCUT2D eigenvalue weighted by atomic mass is 9.94. The average molecular weight is 261 g/mol. The zero-order valence-electron chi connectivity index (χ0n) is 10.8. The van der Waals surface area contributed by atoms with E-state index in [1.807, 2.05) is 20.8 Å². The van der Waals surface area contributed by atoms with Crippen molar-refractivity contribution in [1.82, 2.24) is 4.72 Å². The molecule has 1 unspecified atom stereocenters. The molecule has 1 atom stereocenters. The van der Waals surface area contributed by atoms with Gasteiger partial charge in [0, 0.05) is 0 Å². The van der Waals surface area contributed by atoms with Crippen LogP contribution in [-0.2, 0) is 10.0 Å². The van der Waals surface area contributed by atoms with Crippen LogP contribution in [-0.4, -0.2) is 26.0 Å². The van der Waals surface area contributed by atoms with Gasteiger partial charge in [-0.2, -0.15) is 0 Å². The molecule has 0 bridgehead atoms. The average Bonchev–Trinajstić information content (AvgIpc) is 2.93. The predicted octanol–water partition coefficient (Wildman–Crippen LogP) is 1.06. The third-order valence-corrected chi connectivity index (χ3v) is 4.21. The van der Waals surface area contributed by atoms with Gasteiger partial charge in [-0.1, -0.05) is 20.8 Å². The first kappa shape index (κ1) is 14.4. The number of sulfonamides is 1. The topological polar surface area (TPSA) is 96.0 Å². The minimum Gasteiger partial charge on any atom is -0.386 e. The summed E-state index contributed by atoms with van der Waals surface area (Å²) in [5.74, 6) is 0.233. The van der Waals surface area contributed by atoms with Crippen molar-refractivity contribution in [3.63, 3.8) is 0 Å². The van der Waals surface area contributed by atoms with Crippen LogP contribution in [0.1, 0.15) is 40.0 Å². The first-order chi connectivity index (χ1) is 7.61. The molecule has 100 valence electrons. The third kappa shape index (κ3) is 5.50. The summed E-state index contributed by atoms with van der Waals surface area (Å²) in [4.78, 5) is 0. The van der Waals surface area contributed by atoms with Gasteiger partial charge in [-0.05, 0) is 30.6 Å². The van der Waals surface area contributed by atoms with Crippen LogP contribution < -0.4 is 10.5 Å². The second-order valence-corrected chi connectivity index (χ2v) is 7.89. The van der Waals surface area contributed by atoms with E-state index in [1.54, 1.807) is 0 Å². The Labute approximate surface area is 104 Å². The van der Waals surface area contributed by atoms with E-state index in [9.17, 15) is 8.42 Å². The molecule has 0 aromatic heterocycles. The fourth-order valence-corrected chi connectivity index (χ4v) is 3.24. The molecule has 4 N–H and O–H groups in total. The van der Waals surface area contributed by atoms with E-state index in [1.165, 1.54) is 0 Å². The molecule has 1 rings (SSSR count). The van der Waals surface area contributed by atoms with E-state index in [2.05, 4.69) is 4.72 Å². The highest BCUT2D eigenvalue weighted by Crippen LogP contribution is 2.33. The van der Waals surface area contributed by atoms with Crippen molar-refractivity contribution < 1.29 is 8.42 Å². The third-order valence-electron chi connectivity index (χ3n) is 2.86. The summed E-state index contributed by atoms with van der Waals surface area (Å²) in [6.45, 7) is 6.02. The number of amidine groups is 1. The molecule has 1 saturated carbocycles. The van der Waals surface area contributed by atoms with Crippen LogP contribution in [0.25, 0.3) is 0 Å². The van der Waals surface area contributed by atoms with Crippen molar-refractivity contribution in [1.29, 1.82) is 5.41 Å². The largest absolute Gasteiger partial charge is 0.386 e. The monoisotopic (exact) mass is 261 g/mol. The van der Waals surface area contributed by atoms with E-state index < -0.39 is 16.1 Å². The number of nitrogens with one attached hydrogen (secondary N) is 2. The SMILES string of the molecule is CC(C)(C)CCS(=O)(=O)NC(C(=N)N)C1CC1. The zero-order valence-corrected chi connectivity index (χ0v) is 11.6. The molecule has 0 spiro atoms. The quantitative estimate of drug-likeness (QED) is 0.492. The van der Waals surface area contributed by atoms with Gasteiger partial charge in [0.1, 0.15) is 5.84 Å². The Morgan fingerprint density at radius 1 is 1.47 bits per heavy atom. The number of hydrogen-bond donors (Lipinski definition) is 3. The van der Waals surface area contributed by atoms with Gasteiger partial charge in [-0.3, -0.25) is 5.41 Å². The molecule has 0 aromatic rings. The standard InChI is InChI=1S/C11H23N3O2S/c1-11(2,3)6-7-17(15,16)14-9(10(12)13)8-4-5-8/h8-9,14H,4-7H2,1-3H3,(H3,12,13). The summed E-state index contributed by atoms with van der Waals surface area (Å²) in [5.41, 5.74) is 5.41. The zero-order chi connectivity index (χ0) is 13.3. The first-order valence-electron chi connectivity index (χ1n) is 5.95. The van der Waals surface area contributed by atoms with Gasteiger partial charge < -0.3 is 5.73 Å². The molecule has 1 fully saturated rings. The van der Waals surface area contributed by atoms with E-state index >= 15 is 0 Å². The lowest BCUT2D eigenvalue weighted by molar-refractivity contribution is 0.396. The van der Waals surface area contributed by atoms with Gasteiger partial charge in [0.15, 0.2) is 0 Å². The van der Waals surface area contributed by atoms with Crippen LogP contribution in [0.4, 0.5) is 0 Å².